The minimum Gasteiger partial charge on any atom is -0.276 e. The summed E-state index contributed by atoms with van der Waals surface area (Å²) in [6.45, 7) is 2.16. The molecule has 1 rings (SSSR count). The van der Waals surface area contributed by atoms with E-state index in [0.29, 0.717) is 0 Å². The SMILES string of the molecule is CCCc1nccn1I. The van der Waals surface area contributed by atoms with Crippen molar-refractivity contribution in [1.82, 2.24) is 7.76 Å². The van der Waals surface area contributed by atoms with Gasteiger partial charge in [-0.15, -0.1) is 0 Å². The predicted molar refractivity (Wildman–Crippen MR) is 45.6 cm³/mol. The van der Waals surface area contributed by atoms with Gasteiger partial charge < -0.3 is 0 Å². The fraction of sp³-hybridized carbons (Fsp3) is 0.500. The van der Waals surface area contributed by atoms with Gasteiger partial charge in [-0.25, -0.2) is 4.98 Å². The number of hydrogen-bond acceptors (Lipinski definition) is 1. The smallest absolute Gasteiger partial charge is 0.117 e. The first-order valence-electron chi connectivity index (χ1n) is 3.03. The van der Waals surface area contributed by atoms with E-state index in [4.69, 9.17) is 0 Å². The molecular weight excluding hydrogens is 227 g/mol. The van der Waals surface area contributed by atoms with Crippen LogP contribution in [0.25, 0.3) is 0 Å². The quantitative estimate of drug-likeness (QED) is 0.718. The van der Waals surface area contributed by atoms with E-state index in [2.05, 4.69) is 34.8 Å². The summed E-state index contributed by atoms with van der Waals surface area (Å²) in [5.41, 5.74) is 0. The Morgan fingerprint density at radius 2 is 2.56 bits per heavy atom. The van der Waals surface area contributed by atoms with E-state index in [1.165, 1.54) is 6.42 Å². The average molecular weight is 236 g/mol. The Hall–Kier alpha value is -0.0600. The molecule has 0 atom stereocenters. The molecule has 9 heavy (non-hydrogen) atoms. The van der Waals surface area contributed by atoms with Crippen molar-refractivity contribution < 1.29 is 0 Å². The first-order chi connectivity index (χ1) is 4.34. The molecule has 0 aliphatic heterocycles. The molecule has 0 aromatic carbocycles. The van der Waals surface area contributed by atoms with Crippen molar-refractivity contribution in [2.75, 3.05) is 0 Å². The van der Waals surface area contributed by atoms with Crippen LogP contribution < -0.4 is 0 Å². The van der Waals surface area contributed by atoms with Crippen LogP contribution in [0.5, 0.6) is 0 Å². The first-order valence-corrected chi connectivity index (χ1v) is 3.99. The molecule has 0 radical (unpaired) electrons. The van der Waals surface area contributed by atoms with Crippen LogP contribution in [-0.2, 0) is 6.42 Å². The van der Waals surface area contributed by atoms with E-state index >= 15 is 0 Å². The Balaban J connectivity index is 2.69. The Morgan fingerprint density at radius 1 is 1.78 bits per heavy atom. The van der Waals surface area contributed by atoms with Gasteiger partial charge in [0.05, 0.1) is 22.9 Å². The van der Waals surface area contributed by atoms with Crippen molar-refractivity contribution in [3.05, 3.63) is 18.2 Å². The topological polar surface area (TPSA) is 17.8 Å². The molecule has 50 valence electrons. The lowest BCUT2D eigenvalue weighted by atomic mass is 10.3. The average Bonchev–Trinajstić information content (AvgIpc) is 2.18. The molecule has 3 heteroatoms. The molecule has 0 saturated carbocycles. The number of nitrogens with zero attached hydrogens (tertiary/aromatic N) is 2. The van der Waals surface area contributed by atoms with Crippen molar-refractivity contribution in [2.24, 2.45) is 0 Å². The van der Waals surface area contributed by atoms with Crippen molar-refractivity contribution in [3.63, 3.8) is 0 Å². The minimum atomic E-state index is 1.08. The minimum absolute atomic E-state index is 1.08. The molecule has 1 heterocycles. The van der Waals surface area contributed by atoms with Crippen molar-refractivity contribution in [2.45, 2.75) is 19.8 Å². The number of halogens is 1. The molecule has 0 bridgehead atoms. The second-order valence-corrected chi connectivity index (χ2v) is 2.94. The standard InChI is InChI=1S/C6H9IN2/c1-2-3-6-8-4-5-9(6)7/h4-5H,2-3H2,1H3. The highest BCUT2D eigenvalue weighted by atomic mass is 127. The second-order valence-electron chi connectivity index (χ2n) is 1.90. The highest BCUT2D eigenvalue weighted by molar-refractivity contribution is 14.1. The fourth-order valence-electron chi connectivity index (χ4n) is 0.714. The summed E-state index contributed by atoms with van der Waals surface area (Å²) in [7, 11) is 0. The Labute approximate surface area is 68.8 Å². The monoisotopic (exact) mass is 236 g/mol. The van der Waals surface area contributed by atoms with Gasteiger partial charge in [0.2, 0.25) is 0 Å². The van der Waals surface area contributed by atoms with E-state index in [9.17, 15) is 0 Å². The zero-order valence-electron chi connectivity index (χ0n) is 5.34. The molecule has 0 aliphatic rings. The van der Waals surface area contributed by atoms with E-state index < -0.39 is 0 Å². The van der Waals surface area contributed by atoms with Crippen LogP contribution in [0.2, 0.25) is 0 Å². The summed E-state index contributed by atoms with van der Waals surface area (Å²) in [5, 5.41) is 0. The Kier molecular flexibility index (Phi) is 2.50. The number of aryl methyl sites for hydroxylation is 1. The molecule has 0 saturated heterocycles. The summed E-state index contributed by atoms with van der Waals surface area (Å²) in [4.78, 5) is 4.16. The van der Waals surface area contributed by atoms with Crippen molar-refractivity contribution in [1.29, 1.82) is 0 Å². The molecule has 0 aliphatic carbocycles. The lowest BCUT2D eigenvalue weighted by Gasteiger charge is -1.93. The summed E-state index contributed by atoms with van der Waals surface area (Å²) in [5.74, 6) is 1.16. The van der Waals surface area contributed by atoms with Crippen LogP contribution in [0.3, 0.4) is 0 Å². The van der Waals surface area contributed by atoms with E-state index in [-0.39, 0.29) is 0 Å². The Morgan fingerprint density at radius 3 is 3.00 bits per heavy atom. The van der Waals surface area contributed by atoms with E-state index in [0.717, 1.165) is 12.2 Å². The molecular formula is C6H9IN2. The number of hydrogen-bond donors (Lipinski definition) is 0. The highest BCUT2D eigenvalue weighted by Gasteiger charge is 1.95. The van der Waals surface area contributed by atoms with Gasteiger partial charge in [-0.3, -0.25) is 2.78 Å². The molecule has 0 spiro atoms. The lowest BCUT2D eigenvalue weighted by Crippen LogP contribution is -1.89. The maximum absolute atomic E-state index is 4.16. The van der Waals surface area contributed by atoms with Gasteiger partial charge in [-0.1, -0.05) is 6.92 Å². The molecule has 1 aromatic rings. The highest BCUT2D eigenvalue weighted by Crippen LogP contribution is 2.03. The van der Waals surface area contributed by atoms with Crippen LogP contribution in [-0.4, -0.2) is 7.76 Å². The maximum Gasteiger partial charge on any atom is 0.117 e. The van der Waals surface area contributed by atoms with Crippen LogP contribution in [0.4, 0.5) is 0 Å². The zero-order valence-corrected chi connectivity index (χ0v) is 7.50. The van der Waals surface area contributed by atoms with Gasteiger partial charge in [0.25, 0.3) is 0 Å². The molecule has 0 unspecified atom stereocenters. The van der Waals surface area contributed by atoms with Gasteiger partial charge in [0, 0.05) is 18.8 Å². The van der Waals surface area contributed by atoms with Crippen LogP contribution >= 0.6 is 22.9 Å². The Bertz CT molecular complexity index is 183. The van der Waals surface area contributed by atoms with Gasteiger partial charge in [0.1, 0.15) is 5.82 Å². The summed E-state index contributed by atoms with van der Waals surface area (Å²) < 4.78 is 2.03. The third-order valence-electron chi connectivity index (χ3n) is 1.14. The summed E-state index contributed by atoms with van der Waals surface area (Å²) in [6, 6.07) is 0. The first kappa shape index (κ1) is 7.05. The molecule has 2 nitrogen and oxygen atoms in total. The van der Waals surface area contributed by atoms with E-state index in [1.54, 1.807) is 0 Å². The van der Waals surface area contributed by atoms with Gasteiger partial charge in [-0.05, 0) is 6.42 Å². The van der Waals surface area contributed by atoms with Crippen molar-refractivity contribution >= 4 is 22.9 Å². The predicted octanol–water partition coefficient (Wildman–Crippen LogP) is 2.03. The van der Waals surface area contributed by atoms with Crippen molar-refractivity contribution in [3.8, 4) is 0 Å². The number of imidazole rings is 1. The zero-order chi connectivity index (χ0) is 6.69. The molecule has 0 N–H and O–H groups in total. The van der Waals surface area contributed by atoms with Crippen LogP contribution in [0, 0.1) is 0 Å². The van der Waals surface area contributed by atoms with Gasteiger partial charge in [-0.2, -0.15) is 0 Å². The second kappa shape index (κ2) is 3.20. The van der Waals surface area contributed by atoms with E-state index in [1.807, 2.05) is 15.2 Å². The summed E-state index contributed by atoms with van der Waals surface area (Å²) >= 11 is 2.23. The molecule has 0 fully saturated rings. The lowest BCUT2D eigenvalue weighted by molar-refractivity contribution is 0.851. The molecule has 0 amide bonds. The normalized spacial score (nSPS) is 10.0. The van der Waals surface area contributed by atoms with Gasteiger partial charge >= 0.3 is 0 Å². The van der Waals surface area contributed by atoms with Crippen LogP contribution in [0.1, 0.15) is 19.2 Å². The van der Waals surface area contributed by atoms with Gasteiger partial charge in [0.15, 0.2) is 0 Å². The third-order valence-corrected chi connectivity index (χ3v) is 2.02. The molecule has 1 aromatic heterocycles. The third kappa shape index (κ3) is 1.67. The summed E-state index contributed by atoms with van der Waals surface area (Å²) in [6.07, 6.45) is 6.04. The maximum atomic E-state index is 4.16. The fourth-order valence-corrected chi connectivity index (χ4v) is 1.22. The number of rotatable bonds is 2. The number of aromatic nitrogens is 2. The van der Waals surface area contributed by atoms with Crippen LogP contribution in [0.15, 0.2) is 12.4 Å². The largest absolute Gasteiger partial charge is 0.276 e.